The van der Waals surface area contributed by atoms with Crippen LogP contribution in [0.3, 0.4) is 0 Å². The number of rotatable bonds is 3. The quantitative estimate of drug-likeness (QED) is 0.784. The van der Waals surface area contributed by atoms with Crippen molar-refractivity contribution in [2.75, 3.05) is 19.6 Å². The van der Waals surface area contributed by atoms with Gasteiger partial charge in [-0.1, -0.05) is 36.4 Å². The topological polar surface area (TPSA) is 40.6 Å². The number of piperidine rings is 2. The second kappa shape index (κ2) is 7.97. The van der Waals surface area contributed by atoms with Gasteiger partial charge in [0.2, 0.25) is 5.91 Å². The summed E-state index contributed by atoms with van der Waals surface area (Å²) in [4.78, 5) is 29.2. The Bertz CT molecular complexity index is 904. The van der Waals surface area contributed by atoms with Crippen LogP contribution in [0, 0.1) is 18.2 Å². The molecule has 2 aromatic rings. The van der Waals surface area contributed by atoms with Gasteiger partial charge in [0, 0.05) is 38.2 Å². The highest BCUT2D eigenvalue weighted by Gasteiger charge is 2.41. The van der Waals surface area contributed by atoms with Crippen LogP contribution in [-0.2, 0) is 11.3 Å². The fourth-order valence-electron chi connectivity index (χ4n) is 4.64. The summed E-state index contributed by atoms with van der Waals surface area (Å²) in [6, 6.07) is 14.5. The van der Waals surface area contributed by atoms with Crippen molar-refractivity contribution < 1.29 is 14.0 Å². The van der Waals surface area contributed by atoms with Gasteiger partial charge in [-0.15, -0.1) is 0 Å². The lowest BCUT2D eigenvalue weighted by molar-refractivity contribution is -0.139. The Morgan fingerprint density at radius 3 is 2.52 bits per heavy atom. The Kier molecular flexibility index (Phi) is 5.39. The molecule has 0 radical (unpaired) electrons. The summed E-state index contributed by atoms with van der Waals surface area (Å²) < 4.78 is 13.6. The summed E-state index contributed by atoms with van der Waals surface area (Å²) in [6.07, 6.45) is 3.22. The molecule has 4 rings (SSSR count). The second-order valence-electron chi connectivity index (χ2n) is 8.49. The Labute approximate surface area is 171 Å². The summed E-state index contributed by atoms with van der Waals surface area (Å²) in [5, 5.41) is 0. The molecule has 2 saturated heterocycles. The Morgan fingerprint density at radius 1 is 1.07 bits per heavy atom. The first-order valence-electron chi connectivity index (χ1n) is 10.3. The second-order valence-corrected chi connectivity index (χ2v) is 8.49. The first-order valence-corrected chi connectivity index (χ1v) is 10.3. The molecule has 5 heteroatoms. The summed E-state index contributed by atoms with van der Waals surface area (Å²) in [6.45, 7) is 4.55. The van der Waals surface area contributed by atoms with Gasteiger partial charge in [0.05, 0.1) is 0 Å². The van der Waals surface area contributed by atoms with Crippen molar-refractivity contribution in [3.63, 3.8) is 0 Å². The number of amides is 2. The van der Waals surface area contributed by atoms with Gasteiger partial charge in [-0.05, 0) is 54.9 Å². The maximum Gasteiger partial charge on any atom is 0.254 e. The van der Waals surface area contributed by atoms with Crippen LogP contribution in [0.15, 0.2) is 48.5 Å². The summed E-state index contributed by atoms with van der Waals surface area (Å²) in [5.74, 6) is -0.256. The van der Waals surface area contributed by atoms with Crippen molar-refractivity contribution in [1.82, 2.24) is 9.80 Å². The fourth-order valence-corrected chi connectivity index (χ4v) is 4.64. The number of halogens is 1. The minimum atomic E-state index is -0.380. The van der Waals surface area contributed by atoms with Crippen LogP contribution in [0.2, 0.25) is 0 Å². The van der Waals surface area contributed by atoms with Gasteiger partial charge in [-0.25, -0.2) is 4.39 Å². The molecular weight excluding hydrogens is 367 g/mol. The molecule has 0 aliphatic carbocycles. The molecule has 1 spiro atoms. The van der Waals surface area contributed by atoms with Crippen molar-refractivity contribution in [2.45, 2.75) is 39.2 Å². The van der Waals surface area contributed by atoms with E-state index in [1.807, 2.05) is 34.9 Å². The molecule has 0 aromatic heterocycles. The number of hydrogen-bond donors (Lipinski definition) is 0. The zero-order chi connectivity index (χ0) is 20.4. The van der Waals surface area contributed by atoms with Crippen LogP contribution < -0.4 is 0 Å². The van der Waals surface area contributed by atoms with E-state index >= 15 is 0 Å². The maximum absolute atomic E-state index is 13.6. The predicted molar refractivity (Wildman–Crippen MR) is 110 cm³/mol. The van der Waals surface area contributed by atoms with E-state index in [1.54, 1.807) is 6.07 Å². The molecule has 2 amide bonds. The first-order chi connectivity index (χ1) is 14.0. The van der Waals surface area contributed by atoms with Crippen molar-refractivity contribution in [1.29, 1.82) is 0 Å². The number of carbonyl (C=O) groups excluding carboxylic acids is 2. The van der Waals surface area contributed by atoms with Crippen LogP contribution in [0.25, 0.3) is 0 Å². The molecule has 2 aliphatic rings. The van der Waals surface area contributed by atoms with Crippen LogP contribution in [0.1, 0.15) is 47.2 Å². The number of benzene rings is 2. The molecule has 2 aromatic carbocycles. The van der Waals surface area contributed by atoms with E-state index in [9.17, 15) is 14.0 Å². The highest BCUT2D eigenvalue weighted by molar-refractivity contribution is 5.95. The Morgan fingerprint density at radius 2 is 1.79 bits per heavy atom. The minimum Gasteiger partial charge on any atom is -0.339 e. The smallest absolute Gasteiger partial charge is 0.254 e. The molecule has 2 fully saturated rings. The van der Waals surface area contributed by atoms with Crippen molar-refractivity contribution in [3.05, 3.63) is 71.0 Å². The van der Waals surface area contributed by atoms with Gasteiger partial charge in [0.25, 0.3) is 5.91 Å². The molecule has 2 aliphatic heterocycles. The third-order valence-corrected chi connectivity index (χ3v) is 6.51. The van der Waals surface area contributed by atoms with Crippen LogP contribution >= 0.6 is 0 Å². The standard InChI is InChI=1S/C24H27FN2O2/c1-18-7-8-20(25)15-21(18)23(29)26-13-11-24(12-14-26)10-9-22(28)27(17-24)16-19-5-3-2-4-6-19/h2-8,15H,9-14,16-17H2,1H3. The van der Waals surface area contributed by atoms with Crippen molar-refractivity contribution in [3.8, 4) is 0 Å². The SMILES string of the molecule is Cc1ccc(F)cc1C(=O)N1CCC2(CCC(=O)N(Cc3ccccc3)C2)CC1. The summed E-state index contributed by atoms with van der Waals surface area (Å²) >= 11 is 0. The van der Waals surface area contributed by atoms with E-state index in [0.717, 1.165) is 36.9 Å². The molecule has 4 nitrogen and oxygen atoms in total. The molecule has 0 saturated carbocycles. The molecule has 152 valence electrons. The first kappa shape index (κ1) is 19.6. The average molecular weight is 394 g/mol. The lowest BCUT2D eigenvalue weighted by atomic mass is 9.72. The van der Waals surface area contributed by atoms with E-state index in [1.165, 1.54) is 12.1 Å². The van der Waals surface area contributed by atoms with Crippen LogP contribution in [0.4, 0.5) is 4.39 Å². The van der Waals surface area contributed by atoms with E-state index in [2.05, 4.69) is 12.1 Å². The highest BCUT2D eigenvalue weighted by atomic mass is 19.1. The van der Waals surface area contributed by atoms with Gasteiger partial charge < -0.3 is 9.80 Å². The zero-order valence-electron chi connectivity index (χ0n) is 16.9. The molecule has 0 unspecified atom stereocenters. The van der Waals surface area contributed by atoms with Crippen LogP contribution in [-0.4, -0.2) is 41.2 Å². The van der Waals surface area contributed by atoms with Gasteiger partial charge in [-0.2, -0.15) is 0 Å². The molecular formula is C24H27FN2O2. The maximum atomic E-state index is 13.6. The van der Waals surface area contributed by atoms with Gasteiger partial charge in [0.1, 0.15) is 5.82 Å². The van der Waals surface area contributed by atoms with E-state index in [0.29, 0.717) is 31.6 Å². The van der Waals surface area contributed by atoms with Crippen molar-refractivity contribution >= 4 is 11.8 Å². The van der Waals surface area contributed by atoms with Gasteiger partial charge >= 0.3 is 0 Å². The molecule has 0 bridgehead atoms. The van der Waals surface area contributed by atoms with Crippen LogP contribution in [0.5, 0.6) is 0 Å². The molecule has 0 N–H and O–H groups in total. The minimum absolute atomic E-state index is 0.0798. The Balaban J connectivity index is 1.42. The van der Waals surface area contributed by atoms with Crippen molar-refractivity contribution in [2.24, 2.45) is 5.41 Å². The predicted octanol–water partition coefficient (Wildman–Crippen LogP) is 4.18. The lowest BCUT2D eigenvalue weighted by Crippen LogP contribution is -2.52. The van der Waals surface area contributed by atoms with E-state index in [-0.39, 0.29) is 23.0 Å². The molecule has 2 heterocycles. The molecule has 29 heavy (non-hydrogen) atoms. The summed E-state index contributed by atoms with van der Waals surface area (Å²) in [7, 11) is 0. The number of likely N-dealkylation sites (tertiary alicyclic amines) is 2. The average Bonchev–Trinajstić information content (AvgIpc) is 2.73. The molecule has 0 atom stereocenters. The zero-order valence-corrected chi connectivity index (χ0v) is 16.9. The number of carbonyl (C=O) groups is 2. The van der Waals surface area contributed by atoms with E-state index in [4.69, 9.17) is 0 Å². The number of aryl methyl sites for hydroxylation is 1. The normalized spacial score (nSPS) is 18.9. The Hall–Kier alpha value is -2.69. The van der Waals surface area contributed by atoms with E-state index < -0.39 is 0 Å². The third-order valence-electron chi connectivity index (χ3n) is 6.51. The van der Waals surface area contributed by atoms with Gasteiger partial charge in [-0.3, -0.25) is 9.59 Å². The highest BCUT2D eigenvalue weighted by Crippen LogP contribution is 2.41. The largest absolute Gasteiger partial charge is 0.339 e. The number of hydrogen-bond acceptors (Lipinski definition) is 2. The lowest BCUT2D eigenvalue weighted by Gasteiger charge is -2.47. The fraction of sp³-hybridized carbons (Fsp3) is 0.417. The number of nitrogens with zero attached hydrogens (tertiary/aromatic N) is 2. The van der Waals surface area contributed by atoms with Gasteiger partial charge in [0.15, 0.2) is 0 Å². The third kappa shape index (κ3) is 4.19. The summed E-state index contributed by atoms with van der Waals surface area (Å²) in [5.41, 5.74) is 2.47. The monoisotopic (exact) mass is 394 g/mol.